The van der Waals surface area contributed by atoms with Gasteiger partial charge in [-0.25, -0.2) is 0 Å². The van der Waals surface area contributed by atoms with Crippen molar-refractivity contribution in [2.45, 2.75) is 57.9 Å². The standard InChI is InChI=1S/C14H23NO/c1-13(2,15-9-16)14-6-10-3-11(7-14)5-12(4-10)8-14/h9-12H,3-8H2,1-2H3,(H,15,16). The zero-order valence-corrected chi connectivity index (χ0v) is 10.5. The largest absolute Gasteiger partial charge is 0.353 e. The van der Waals surface area contributed by atoms with E-state index in [0.29, 0.717) is 5.41 Å². The minimum atomic E-state index is -0.00917. The summed E-state index contributed by atoms with van der Waals surface area (Å²) in [6.07, 6.45) is 9.37. The predicted molar refractivity (Wildman–Crippen MR) is 63.9 cm³/mol. The van der Waals surface area contributed by atoms with Crippen LogP contribution in [0.2, 0.25) is 0 Å². The van der Waals surface area contributed by atoms with Crippen molar-refractivity contribution in [3.8, 4) is 0 Å². The second-order valence-corrected chi connectivity index (χ2v) is 7.09. The number of carbonyl (C=O) groups is 1. The van der Waals surface area contributed by atoms with Crippen molar-refractivity contribution >= 4 is 6.41 Å². The smallest absolute Gasteiger partial charge is 0.207 e. The molecule has 0 spiro atoms. The van der Waals surface area contributed by atoms with Gasteiger partial charge in [-0.3, -0.25) is 4.79 Å². The molecule has 4 aliphatic rings. The molecule has 4 fully saturated rings. The van der Waals surface area contributed by atoms with E-state index in [4.69, 9.17) is 0 Å². The van der Waals surface area contributed by atoms with Gasteiger partial charge in [0.15, 0.2) is 0 Å². The molecule has 4 saturated carbocycles. The van der Waals surface area contributed by atoms with Crippen molar-refractivity contribution < 1.29 is 4.79 Å². The number of hydrogen-bond acceptors (Lipinski definition) is 1. The third-order valence-electron chi connectivity index (χ3n) is 5.78. The molecule has 4 aliphatic carbocycles. The molecule has 0 atom stereocenters. The SMILES string of the molecule is CC(C)(NC=O)C12CC3CC(CC(C3)C1)C2. The molecule has 0 saturated heterocycles. The summed E-state index contributed by atoms with van der Waals surface area (Å²) in [4.78, 5) is 10.8. The summed E-state index contributed by atoms with van der Waals surface area (Å²) in [5.74, 6) is 2.87. The first kappa shape index (κ1) is 10.6. The first-order valence-electron chi connectivity index (χ1n) is 6.76. The third kappa shape index (κ3) is 1.34. The van der Waals surface area contributed by atoms with Gasteiger partial charge in [-0.05, 0) is 75.5 Å². The van der Waals surface area contributed by atoms with Crippen LogP contribution in [0.3, 0.4) is 0 Å². The van der Waals surface area contributed by atoms with Crippen LogP contribution in [-0.2, 0) is 4.79 Å². The molecule has 16 heavy (non-hydrogen) atoms. The van der Waals surface area contributed by atoms with E-state index in [1.54, 1.807) is 0 Å². The normalized spacial score (nSPS) is 45.8. The van der Waals surface area contributed by atoms with E-state index >= 15 is 0 Å². The Morgan fingerprint density at radius 1 is 1.06 bits per heavy atom. The van der Waals surface area contributed by atoms with Crippen LogP contribution in [0.1, 0.15) is 52.4 Å². The molecule has 0 aromatic carbocycles. The Hall–Kier alpha value is -0.530. The van der Waals surface area contributed by atoms with Gasteiger partial charge in [-0.15, -0.1) is 0 Å². The van der Waals surface area contributed by atoms with Gasteiger partial charge in [0.2, 0.25) is 6.41 Å². The molecule has 0 heterocycles. The maximum absolute atomic E-state index is 10.8. The Morgan fingerprint density at radius 2 is 1.50 bits per heavy atom. The molecule has 0 radical (unpaired) electrons. The van der Waals surface area contributed by atoms with Gasteiger partial charge in [0.05, 0.1) is 0 Å². The van der Waals surface area contributed by atoms with Crippen LogP contribution in [0.15, 0.2) is 0 Å². The molecule has 0 aliphatic heterocycles. The lowest BCUT2D eigenvalue weighted by Crippen LogP contribution is -2.61. The number of amides is 1. The molecule has 0 unspecified atom stereocenters. The van der Waals surface area contributed by atoms with E-state index in [1.165, 1.54) is 38.5 Å². The number of rotatable bonds is 3. The fourth-order valence-corrected chi connectivity index (χ4v) is 5.18. The van der Waals surface area contributed by atoms with Crippen LogP contribution >= 0.6 is 0 Å². The average Bonchev–Trinajstić information content (AvgIpc) is 2.14. The summed E-state index contributed by atoms with van der Waals surface area (Å²) < 4.78 is 0. The van der Waals surface area contributed by atoms with Crippen molar-refractivity contribution in [3.63, 3.8) is 0 Å². The number of carbonyl (C=O) groups excluding carboxylic acids is 1. The Kier molecular flexibility index (Phi) is 2.15. The highest BCUT2D eigenvalue weighted by Crippen LogP contribution is 2.63. The molecule has 4 bridgehead atoms. The van der Waals surface area contributed by atoms with Gasteiger partial charge in [0, 0.05) is 5.54 Å². The molecular weight excluding hydrogens is 198 g/mol. The van der Waals surface area contributed by atoms with Gasteiger partial charge in [0.1, 0.15) is 0 Å². The molecule has 1 amide bonds. The molecule has 2 nitrogen and oxygen atoms in total. The summed E-state index contributed by atoms with van der Waals surface area (Å²) >= 11 is 0. The van der Waals surface area contributed by atoms with E-state index in [0.717, 1.165) is 24.2 Å². The monoisotopic (exact) mass is 221 g/mol. The van der Waals surface area contributed by atoms with Crippen LogP contribution in [0.25, 0.3) is 0 Å². The fraction of sp³-hybridized carbons (Fsp3) is 0.929. The second kappa shape index (κ2) is 3.24. The summed E-state index contributed by atoms with van der Waals surface area (Å²) in [5, 5.41) is 3.10. The van der Waals surface area contributed by atoms with Crippen LogP contribution in [0, 0.1) is 23.2 Å². The molecule has 90 valence electrons. The Bertz CT molecular complexity index is 273. The van der Waals surface area contributed by atoms with Crippen LogP contribution < -0.4 is 5.32 Å². The molecule has 1 N–H and O–H groups in total. The molecule has 0 aromatic rings. The van der Waals surface area contributed by atoms with E-state index in [-0.39, 0.29) is 5.54 Å². The fourth-order valence-electron chi connectivity index (χ4n) is 5.18. The van der Waals surface area contributed by atoms with Crippen LogP contribution in [0.5, 0.6) is 0 Å². The molecular formula is C14H23NO. The van der Waals surface area contributed by atoms with Gasteiger partial charge in [0.25, 0.3) is 0 Å². The van der Waals surface area contributed by atoms with Crippen molar-refractivity contribution in [1.29, 1.82) is 0 Å². The van der Waals surface area contributed by atoms with E-state index in [1.807, 2.05) is 0 Å². The maximum Gasteiger partial charge on any atom is 0.207 e. The zero-order chi connectivity index (χ0) is 11.4. The predicted octanol–water partition coefficient (Wildman–Crippen LogP) is 2.73. The summed E-state index contributed by atoms with van der Waals surface area (Å²) in [6.45, 7) is 4.46. The highest BCUT2D eigenvalue weighted by molar-refractivity contribution is 5.48. The minimum Gasteiger partial charge on any atom is -0.353 e. The Morgan fingerprint density at radius 3 is 1.88 bits per heavy atom. The molecule has 0 aromatic heterocycles. The second-order valence-electron chi connectivity index (χ2n) is 7.09. The lowest BCUT2D eigenvalue weighted by atomic mass is 9.45. The van der Waals surface area contributed by atoms with E-state index < -0.39 is 0 Å². The topological polar surface area (TPSA) is 29.1 Å². The minimum absolute atomic E-state index is 0.00917. The molecule has 4 rings (SSSR count). The quantitative estimate of drug-likeness (QED) is 0.729. The van der Waals surface area contributed by atoms with E-state index in [9.17, 15) is 4.79 Å². The van der Waals surface area contributed by atoms with Crippen molar-refractivity contribution in [2.24, 2.45) is 23.2 Å². The summed E-state index contributed by atoms with van der Waals surface area (Å²) in [5.41, 5.74) is 0.396. The van der Waals surface area contributed by atoms with Gasteiger partial charge in [-0.2, -0.15) is 0 Å². The average molecular weight is 221 g/mol. The van der Waals surface area contributed by atoms with Crippen LogP contribution in [-0.4, -0.2) is 11.9 Å². The number of hydrogen-bond donors (Lipinski definition) is 1. The lowest BCUT2D eigenvalue weighted by molar-refractivity contribution is -0.122. The number of nitrogens with one attached hydrogen (secondary N) is 1. The zero-order valence-electron chi connectivity index (χ0n) is 10.5. The Balaban J connectivity index is 1.90. The third-order valence-corrected chi connectivity index (χ3v) is 5.78. The van der Waals surface area contributed by atoms with Crippen molar-refractivity contribution in [3.05, 3.63) is 0 Å². The first-order valence-corrected chi connectivity index (χ1v) is 6.76. The Labute approximate surface area is 98.2 Å². The first-order chi connectivity index (χ1) is 7.55. The van der Waals surface area contributed by atoms with Gasteiger partial charge >= 0.3 is 0 Å². The van der Waals surface area contributed by atoms with E-state index in [2.05, 4.69) is 19.2 Å². The van der Waals surface area contributed by atoms with Crippen LogP contribution in [0.4, 0.5) is 0 Å². The van der Waals surface area contributed by atoms with Gasteiger partial charge in [-0.1, -0.05) is 0 Å². The van der Waals surface area contributed by atoms with Crippen molar-refractivity contribution in [1.82, 2.24) is 5.32 Å². The van der Waals surface area contributed by atoms with Gasteiger partial charge < -0.3 is 5.32 Å². The maximum atomic E-state index is 10.8. The summed E-state index contributed by atoms with van der Waals surface area (Å²) in [6, 6.07) is 0. The molecule has 2 heteroatoms. The summed E-state index contributed by atoms with van der Waals surface area (Å²) in [7, 11) is 0. The highest BCUT2D eigenvalue weighted by atomic mass is 16.1. The highest BCUT2D eigenvalue weighted by Gasteiger charge is 2.56. The van der Waals surface area contributed by atoms with Crippen molar-refractivity contribution in [2.75, 3.05) is 0 Å². The lowest BCUT2D eigenvalue weighted by Gasteiger charge is -2.62.